The van der Waals surface area contributed by atoms with Crippen LogP contribution in [-0.2, 0) is 33.2 Å². The first kappa shape index (κ1) is 50.1. The lowest BCUT2D eigenvalue weighted by molar-refractivity contribution is -0.391. The van der Waals surface area contributed by atoms with Crippen LogP contribution in [0, 0.1) is 0 Å². The predicted molar refractivity (Wildman–Crippen MR) is 206 cm³/mol. The molecule has 58 heavy (non-hydrogen) atoms. The van der Waals surface area contributed by atoms with Gasteiger partial charge in [0, 0.05) is 13.0 Å². The Morgan fingerprint density at radius 3 is 1.50 bits per heavy atom. The molecule has 3 aliphatic rings. The third kappa shape index (κ3) is 15.7. The van der Waals surface area contributed by atoms with Crippen molar-refractivity contribution >= 4 is 5.91 Å². The number of unbranched alkanes of at least 4 members (excludes halogenated alkanes) is 4. The second-order valence-corrected chi connectivity index (χ2v) is 14.5. The molecule has 11 N–H and O–H groups in total. The van der Waals surface area contributed by atoms with Crippen molar-refractivity contribution in [3.8, 4) is 0 Å². The summed E-state index contributed by atoms with van der Waals surface area (Å²) in [7, 11) is 0. The molecule has 0 unspecified atom stereocenters. The molecular formula is C40H67NO17. The van der Waals surface area contributed by atoms with Crippen LogP contribution in [0.3, 0.4) is 0 Å². The van der Waals surface area contributed by atoms with Crippen molar-refractivity contribution in [2.75, 3.05) is 33.0 Å². The summed E-state index contributed by atoms with van der Waals surface area (Å²) < 4.78 is 34.3. The van der Waals surface area contributed by atoms with Crippen LogP contribution < -0.4 is 5.32 Å². The molecule has 3 heterocycles. The van der Waals surface area contributed by atoms with Gasteiger partial charge in [0.2, 0.25) is 5.91 Å². The van der Waals surface area contributed by atoms with Gasteiger partial charge >= 0.3 is 0 Å². The van der Waals surface area contributed by atoms with E-state index in [4.69, 9.17) is 28.4 Å². The van der Waals surface area contributed by atoms with Crippen LogP contribution in [0.25, 0.3) is 0 Å². The van der Waals surface area contributed by atoms with E-state index in [0.29, 0.717) is 12.8 Å². The summed E-state index contributed by atoms with van der Waals surface area (Å²) in [5.41, 5.74) is 0. The molecule has 18 nitrogen and oxygen atoms in total. The zero-order valence-electron chi connectivity index (χ0n) is 33.2. The maximum Gasteiger partial charge on any atom is 0.220 e. The molecule has 334 valence electrons. The highest BCUT2D eigenvalue weighted by Crippen LogP contribution is 2.33. The number of aliphatic hydroxyl groups is 10. The van der Waals surface area contributed by atoms with E-state index in [1.54, 1.807) is 0 Å². The van der Waals surface area contributed by atoms with Gasteiger partial charge in [-0.3, -0.25) is 4.79 Å². The lowest BCUT2D eigenvalue weighted by atomic mass is 9.96. The minimum absolute atomic E-state index is 0.0135. The molecule has 3 fully saturated rings. The molecule has 0 spiro atoms. The second kappa shape index (κ2) is 27.6. The van der Waals surface area contributed by atoms with Gasteiger partial charge in [0.25, 0.3) is 0 Å². The predicted octanol–water partition coefficient (Wildman–Crippen LogP) is -1.29. The summed E-state index contributed by atoms with van der Waals surface area (Å²) in [5.74, 6) is -0.245. The first-order chi connectivity index (χ1) is 28.0. The van der Waals surface area contributed by atoms with E-state index in [9.17, 15) is 55.9 Å². The van der Waals surface area contributed by atoms with E-state index in [1.165, 1.54) is 19.3 Å². The molecule has 0 bridgehead atoms. The smallest absolute Gasteiger partial charge is 0.220 e. The molecular weight excluding hydrogens is 766 g/mol. The molecule has 3 saturated heterocycles. The van der Waals surface area contributed by atoms with Crippen LogP contribution >= 0.6 is 0 Å². The normalized spacial score (nSPS) is 36.2. The van der Waals surface area contributed by atoms with Crippen LogP contribution in [-0.4, -0.2) is 182 Å². The first-order valence-corrected chi connectivity index (χ1v) is 20.3. The first-order valence-electron chi connectivity index (χ1n) is 20.3. The molecule has 3 rings (SSSR count). The summed E-state index contributed by atoms with van der Waals surface area (Å²) in [5, 5.41) is 106. The molecule has 18 heteroatoms. The molecule has 3 aliphatic heterocycles. The van der Waals surface area contributed by atoms with Crippen molar-refractivity contribution in [1.82, 2.24) is 5.32 Å². The van der Waals surface area contributed by atoms with Crippen molar-refractivity contribution in [2.45, 2.75) is 163 Å². The van der Waals surface area contributed by atoms with E-state index in [2.05, 4.69) is 48.7 Å². The number of hydrogen-bond donors (Lipinski definition) is 11. The molecule has 0 aromatic heterocycles. The fourth-order valence-corrected chi connectivity index (χ4v) is 6.54. The highest BCUT2D eigenvalue weighted by molar-refractivity contribution is 5.75. The van der Waals surface area contributed by atoms with Crippen molar-refractivity contribution in [3.05, 3.63) is 48.6 Å². The molecule has 0 aromatic carbocycles. The van der Waals surface area contributed by atoms with Crippen LogP contribution in [0.15, 0.2) is 48.6 Å². The third-order valence-electron chi connectivity index (χ3n) is 10.0. The molecule has 0 saturated carbocycles. The average Bonchev–Trinajstić information content (AvgIpc) is 3.22. The lowest BCUT2D eigenvalue weighted by Crippen LogP contribution is -2.67. The van der Waals surface area contributed by atoms with Gasteiger partial charge in [0.15, 0.2) is 18.9 Å². The highest BCUT2D eigenvalue weighted by Gasteiger charge is 2.54. The van der Waals surface area contributed by atoms with E-state index in [1.807, 2.05) is 12.2 Å². The van der Waals surface area contributed by atoms with Gasteiger partial charge in [-0.15, -0.1) is 0 Å². The van der Waals surface area contributed by atoms with Gasteiger partial charge in [-0.1, -0.05) is 68.4 Å². The fourth-order valence-electron chi connectivity index (χ4n) is 6.54. The number of hydrogen-bond acceptors (Lipinski definition) is 17. The Morgan fingerprint density at radius 2 is 1.00 bits per heavy atom. The van der Waals surface area contributed by atoms with Gasteiger partial charge < -0.3 is 84.8 Å². The van der Waals surface area contributed by atoms with Crippen LogP contribution in [0.1, 0.15) is 71.1 Å². The molecule has 0 radical (unpaired) electrons. The number of amides is 1. The average molecular weight is 834 g/mol. The van der Waals surface area contributed by atoms with Crippen LogP contribution in [0.5, 0.6) is 0 Å². The Hall–Kier alpha value is -2.21. The van der Waals surface area contributed by atoms with Crippen molar-refractivity contribution < 1.29 is 84.3 Å². The maximum absolute atomic E-state index is 12.5. The fraction of sp³-hybridized carbons (Fsp3) is 0.775. The van der Waals surface area contributed by atoms with Gasteiger partial charge in [0.05, 0.1) is 26.4 Å². The summed E-state index contributed by atoms with van der Waals surface area (Å²) in [4.78, 5) is 12.5. The molecule has 0 aliphatic carbocycles. The number of nitrogens with one attached hydrogen (secondary N) is 1. The Balaban J connectivity index is 1.53. The molecule has 1 amide bonds. The number of ether oxygens (including phenoxy) is 6. The number of rotatable bonds is 25. The SMILES string of the molecule is CCCCC/C=C\C/C=C\C/C=C\C/C=C\CCCC(=O)NCCO[C@@H]1O[C@H](CO)[C@@H](O)[C@H](O[C@@H]2O[C@H](CO)[C@@H](O)[C@H](O)[C@H]2O)[C@H]1O[C@@H]1O[C@H](CO)[C@@H](O)[C@H](O)[C@H]1O. The minimum atomic E-state index is -1.91. The monoisotopic (exact) mass is 833 g/mol. The Kier molecular flexibility index (Phi) is 23.9. The summed E-state index contributed by atoms with van der Waals surface area (Å²) in [6.07, 6.45) is 0.700. The molecule has 0 aromatic rings. The van der Waals surface area contributed by atoms with Crippen LogP contribution in [0.2, 0.25) is 0 Å². The zero-order chi connectivity index (χ0) is 42.5. The van der Waals surface area contributed by atoms with Gasteiger partial charge in [-0.05, 0) is 44.9 Å². The minimum Gasteiger partial charge on any atom is -0.394 e. The van der Waals surface area contributed by atoms with E-state index in [0.717, 1.165) is 25.7 Å². The number of allylic oxidation sites excluding steroid dienone is 8. The highest BCUT2D eigenvalue weighted by atomic mass is 16.8. The zero-order valence-corrected chi connectivity index (χ0v) is 33.2. The number of aliphatic hydroxyl groups excluding tert-OH is 10. The lowest BCUT2D eigenvalue weighted by Gasteiger charge is -2.49. The van der Waals surface area contributed by atoms with Gasteiger partial charge in [0.1, 0.15) is 73.2 Å². The Labute approximate surface area is 340 Å². The largest absolute Gasteiger partial charge is 0.394 e. The topological polar surface area (TPSA) is 287 Å². The van der Waals surface area contributed by atoms with Crippen molar-refractivity contribution in [2.24, 2.45) is 0 Å². The number of carbonyl (C=O) groups is 1. The standard InChI is InChI=1S/C40H67NO17/c1-2-3-4-5-6-7-8-9-10-11-12-13-14-15-16-17-18-19-28(45)41-20-21-53-40-37(58-39-35(52)33(50)30(47)26(23-43)55-39)36(31(48)27(24-44)56-40)57-38-34(51)32(49)29(46)25(22-42)54-38/h6-7,9-10,12-13,15-16,25-27,29-40,42-44,46-52H,2-5,8,11,14,17-24H2,1H3,(H,41,45)/b7-6-,10-9-,13-12-,16-15-/t25-,26-,27-,29-,30-,31-,32+,33+,34-,35-,36+,37-,38+,39+,40-/m1/s1. The summed E-state index contributed by atoms with van der Waals surface area (Å²) >= 11 is 0. The number of carbonyl (C=O) groups excluding carboxylic acids is 1. The quantitative estimate of drug-likeness (QED) is 0.0377. The molecule has 15 atom stereocenters. The third-order valence-corrected chi connectivity index (χ3v) is 10.0. The van der Waals surface area contributed by atoms with Crippen LogP contribution in [0.4, 0.5) is 0 Å². The van der Waals surface area contributed by atoms with Gasteiger partial charge in [-0.25, -0.2) is 0 Å². The Bertz CT molecular complexity index is 1250. The maximum atomic E-state index is 12.5. The second-order valence-electron chi connectivity index (χ2n) is 14.5. The summed E-state index contributed by atoms with van der Waals surface area (Å²) in [6, 6.07) is 0. The Morgan fingerprint density at radius 1 is 0.552 bits per heavy atom. The van der Waals surface area contributed by atoms with E-state index < -0.39 is 112 Å². The van der Waals surface area contributed by atoms with E-state index >= 15 is 0 Å². The summed E-state index contributed by atoms with van der Waals surface area (Å²) in [6.45, 7) is -0.364. The van der Waals surface area contributed by atoms with Crippen molar-refractivity contribution in [3.63, 3.8) is 0 Å². The van der Waals surface area contributed by atoms with Gasteiger partial charge in [-0.2, -0.15) is 0 Å². The van der Waals surface area contributed by atoms with Crippen molar-refractivity contribution in [1.29, 1.82) is 0 Å². The van der Waals surface area contributed by atoms with E-state index in [-0.39, 0.29) is 25.5 Å².